The van der Waals surface area contributed by atoms with Crippen molar-refractivity contribution in [1.29, 1.82) is 0 Å². The fourth-order valence-electron chi connectivity index (χ4n) is 6.22. The second-order valence-electron chi connectivity index (χ2n) is 13.4. The number of carbonyl (C=O) groups excluding carboxylic acids is 6. The molecule has 5 rings (SSSR count). The number of ketones is 2. The first-order valence-corrected chi connectivity index (χ1v) is 17.5. The molecule has 0 spiro atoms. The van der Waals surface area contributed by atoms with Gasteiger partial charge in [-0.15, -0.1) is 0 Å². The van der Waals surface area contributed by atoms with Crippen molar-refractivity contribution in [2.24, 2.45) is 5.92 Å². The van der Waals surface area contributed by atoms with Gasteiger partial charge in [-0.25, -0.2) is 0 Å². The van der Waals surface area contributed by atoms with Gasteiger partial charge in [-0.3, -0.25) is 28.8 Å². The smallest absolute Gasteiger partial charge is 0.251 e. The molecule has 2 N–H and O–H groups in total. The molecule has 0 bridgehead atoms. The largest absolute Gasteiger partial charge is 0.340 e. The summed E-state index contributed by atoms with van der Waals surface area (Å²) in [6, 6.07) is 29.4. The van der Waals surface area contributed by atoms with Gasteiger partial charge in [0, 0.05) is 60.4 Å². The molecule has 2 atom stereocenters. The Bertz CT molecular complexity index is 1900. The molecule has 0 radical (unpaired) electrons. The Morgan fingerprint density at radius 1 is 0.558 bits per heavy atom. The van der Waals surface area contributed by atoms with Crippen LogP contribution in [0.1, 0.15) is 79.8 Å². The van der Waals surface area contributed by atoms with Gasteiger partial charge in [0.15, 0.2) is 11.6 Å². The number of carbonyl (C=O) groups is 6. The third-order valence-electron chi connectivity index (χ3n) is 9.08. The van der Waals surface area contributed by atoms with E-state index >= 15 is 0 Å². The summed E-state index contributed by atoms with van der Waals surface area (Å²) < 4.78 is 0. The van der Waals surface area contributed by atoms with Gasteiger partial charge in [0.05, 0.1) is 0 Å². The molecule has 1 heterocycles. The monoisotopic (exact) mass is 700 g/mol. The fourth-order valence-corrected chi connectivity index (χ4v) is 6.22. The molecule has 10 nitrogen and oxygen atoms in total. The van der Waals surface area contributed by atoms with Crippen LogP contribution in [0.3, 0.4) is 0 Å². The topological polar surface area (TPSA) is 133 Å². The molecule has 0 aromatic heterocycles. The molecule has 1 fully saturated rings. The van der Waals surface area contributed by atoms with Gasteiger partial charge in [0.1, 0.15) is 12.1 Å². The Morgan fingerprint density at radius 3 is 1.60 bits per heavy atom. The van der Waals surface area contributed by atoms with Crippen LogP contribution in [0.15, 0.2) is 109 Å². The van der Waals surface area contributed by atoms with Crippen LogP contribution in [-0.2, 0) is 16.0 Å². The molecule has 0 saturated carbocycles. The molecule has 268 valence electrons. The van der Waals surface area contributed by atoms with Crippen LogP contribution >= 0.6 is 0 Å². The summed E-state index contributed by atoms with van der Waals surface area (Å²) in [5.74, 6) is -1.58. The summed E-state index contributed by atoms with van der Waals surface area (Å²) in [6.45, 7) is 6.41. The Labute approximate surface area is 304 Å². The van der Waals surface area contributed by atoms with Crippen molar-refractivity contribution in [3.8, 4) is 0 Å². The molecule has 4 aromatic rings. The molecule has 52 heavy (non-hydrogen) atoms. The van der Waals surface area contributed by atoms with E-state index in [-0.39, 0.29) is 61.9 Å². The highest BCUT2D eigenvalue weighted by Crippen LogP contribution is 2.16. The lowest BCUT2D eigenvalue weighted by atomic mass is 10.0. The van der Waals surface area contributed by atoms with E-state index < -0.39 is 23.9 Å². The lowest BCUT2D eigenvalue weighted by molar-refractivity contribution is -0.141. The highest BCUT2D eigenvalue weighted by molar-refractivity contribution is 6.09. The first-order chi connectivity index (χ1) is 25.0. The summed E-state index contributed by atoms with van der Waals surface area (Å²) in [5, 5.41) is 5.79. The zero-order valence-corrected chi connectivity index (χ0v) is 29.7. The van der Waals surface area contributed by atoms with Crippen molar-refractivity contribution < 1.29 is 28.8 Å². The zero-order valence-electron chi connectivity index (χ0n) is 29.7. The van der Waals surface area contributed by atoms with Crippen molar-refractivity contribution >= 4 is 35.2 Å². The molecule has 1 aliphatic rings. The molecule has 1 saturated heterocycles. The van der Waals surface area contributed by atoms with E-state index in [0.29, 0.717) is 34.2 Å². The van der Waals surface area contributed by atoms with Crippen LogP contribution in [0.5, 0.6) is 0 Å². The third kappa shape index (κ3) is 9.66. The summed E-state index contributed by atoms with van der Waals surface area (Å²) in [6.07, 6.45) is 0.686. The highest BCUT2D eigenvalue weighted by Gasteiger charge is 2.33. The quantitative estimate of drug-likeness (QED) is 0.189. The maximum absolute atomic E-state index is 14.0. The van der Waals surface area contributed by atoms with Crippen molar-refractivity contribution in [1.82, 2.24) is 20.4 Å². The van der Waals surface area contributed by atoms with E-state index in [1.807, 2.05) is 50.2 Å². The number of nitrogens with one attached hydrogen (secondary N) is 2. The van der Waals surface area contributed by atoms with E-state index in [4.69, 9.17) is 0 Å². The van der Waals surface area contributed by atoms with E-state index in [9.17, 15) is 28.8 Å². The van der Waals surface area contributed by atoms with Crippen LogP contribution in [0.25, 0.3) is 0 Å². The van der Waals surface area contributed by atoms with Gasteiger partial charge in [0.25, 0.3) is 11.8 Å². The first-order valence-electron chi connectivity index (χ1n) is 17.5. The standard InChI is InChI=1S/C42H44N4O6/c1-28(2)25-36(43-40(50)35-16-10-15-34(27-35)29(3)47)41(51)45-21-23-46(24-22-45)42(52)37(26-30-11-6-4-7-12-30)44-39(49)33-19-17-32(18-20-33)38(48)31-13-8-5-9-14-31/h4-20,27-28,36-37H,21-26H2,1-3H3,(H,43,50)(H,44,49)/t36-,37-/m0/s1. The SMILES string of the molecule is CC(=O)c1cccc(C(=O)N[C@@H](CC(C)C)C(=O)N2CCN(C(=O)[C@H](Cc3ccccc3)NC(=O)c3ccc(C(=O)c4ccccc4)cc3)CC2)c1. The number of benzene rings is 4. The van der Waals surface area contributed by atoms with Gasteiger partial charge in [0.2, 0.25) is 11.8 Å². The minimum atomic E-state index is -0.874. The average molecular weight is 701 g/mol. The Morgan fingerprint density at radius 2 is 1.02 bits per heavy atom. The number of Topliss-reactive ketones (excluding diaryl/α,β-unsaturated/α-hetero) is 1. The predicted octanol–water partition coefficient (Wildman–Crippen LogP) is 4.98. The Hall–Kier alpha value is -5.90. The van der Waals surface area contributed by atoms with Gasteiger partial charge in [-0.1, -0.05) is 98.8 Å². The Balaban J connectivity index is 1.24. The second kappa shape index (κ2) is 17.4. The van der Waals surface area contributed by atoms with E-state index in [0.717, 1.165) is 5.56 Å². The lowest BCUT2D eigenvalue weighted by Crippen LogP contribution is -2.59. The number of hydrogen-bond acceptors (Lipinski definition) is 6. The van der Waals surface area contributed by atoms with Crippen molar-refractivity contribution in [3.05, 3.63) is 143 Å². The van der Waals surface area contributed by atoms with E-state index in [1.54, 1.807) is 76.5 Å². The zero-order chi connectivity index (χ0) is 37.2. The van der Waals surface area contributed by atoms with Gasteiger partial charge >= 0.3 is 0 Å². The van der Waals surface area contributed by atoms with Gasteiger partial charge < -0.3 is 20.4 Å². The molecule has 0 unspecified atom stereocenters. The number of nitrogens with zero attached hydrogens (tertiary/aromatic N) is 2. The van der Waals surface area contributed by atoms with Crippen LogP contribution < -0.4 is 10.6 Å². The fraction of sp³-hybridized carbons (Fsp3) is 0.286. The number of rotatable bonds is 13. The summed E-state index contributed by atoms with van der Waals surface area (Å²) in [5.41, 5.74) is 2.90. The minimum absolute atomic E-state index is 0.114. The van der Waals surface area contributed by atoms with Crippen molar-refractivity contribution in [2.45, 2.75) is 45.7 Å². The molecular weight excluding hydrogens is 656 g/mol. The maximum atomic E-state index is 14.0. The molecule has 4 aromatic carbocycles. The molecular formula is C42H44N4O6. The van der Waals surface area contributed by atoms with Crippen LogP contribution in [0, 0.1) is 5.92 Å². The molecule has 1 aliphatic heterocycles. The number of piperazine rings is 1. The van der Waals surface area contributed by atoms with E-state index in [2.05, 4.69) is 10.6 Å². The van der Waals surface area contributed by atoms with Gasteiger partial charge in [-0.05, 0) is 49.1 Å². The first kappa shape index (κ1) is 37.4. The summed E-state index contributed by atoms with van der Waals surface area (Å²) >= 11 is 0. The second-order valence-corrected chi connectivity index (χ2v) is 13.4. The molecule has 0 aliphatic carbocycles. The minimum Gasteiger partial charge on any atom is -0.340 e. The highest BCUT2D eigenvalue weighted by atomic mass is 16.2. The number of hydrogen-bond donors (Lipinski definition) is 2. The molecule has 4 amide bonds. The lowest BCUT2D eigenvalue weighted by Gasteiger charge is -2.38. The van der Waals surface area contributed by atoms with Crippen molar-refractivity contribution in [3.63, 3.8) is 0 Å². The summed E-state index contributed by atoms with van der Waals surface area (Å²) in [7, 11) is 0. The van der Waals surface area contributed by atoms with Crippen LogP contribution in [0.2, 0.25) is 0 Å². The number of amides is 4. The van der Waals surface area contributed by atoms with Gasteiger partial charge in [-0.2, -0.15) is 0 Å². The van der Waals surface area contributed by atoms with E-state index in [1.165, 1.54) is 13.0 Å². The van der Waals surface area contributed by atoms with Crippen LogP contribution in [0.4, 0.5) is 0 Å². The summed E-state index contributed by atoms with van der Waals surface area (Å²) in [4.78, 5) is 82.4. The molecule has 10 heteroatoms. The Kier molecular flexibility index (Phi) is 12.5. The maximum Gasteiger partial charge on any atom is 0.251 e. The van der Waals surface area contributed by atoms with Crippen molar-refractivity contribution in [2.75, 3.05) is 26.2 Å². The predicted molar refractivity (Wildman–Crippen MR) is 198 cm³/mol. The normalized spacial score (nSPS) is 13.9. The average Bonchev–Trinajstić information content (AvgIpc) is 3.17. The van der Waals surface area contributed by atoms with Crippen LogP contribution in [-0.4, -0.2) is 83.3 Å². The third-order valence-corrected chi connectivity index (χ3v) is 9.08.